The lowest BCUT2D eigenvalue weighted by molar-refractivity contribution is 0.447. The average molecular weight is 351 g/mol. The molecule has 0 aliphatic heterocycles. The Balaban J connectivity index is 1.78. The Hall–Kier alpha value is 0.320. The summed E-state index contributed by atoms with van der Waals surface area (Å²) >= 11 is 4.23. The van der Waals surface area contributed by atoms with Crippen LogP contribution in [0.4, 0.5) is 0 Å². The summed E-state index contributed by atoms with van der Waals surface area (Å²) in [6.07, 6.45) is 7.74. The molecule has 1 N–H and O–H groups in total. The van der Waals surface area contributed by atoms with Gasteiger partial charge in [-0.2, -0.15) is 11.8 Å². The summed E-state index contributed by atoms with van der Waals surface area (Å²) < 4.78 is 6.99. The molecular weight excluding hydrogens is 333 g/mol. The summed E-state index contributed by atoms with van der Waals surface area (Å²) in [6, 6.07) is 4.06. The highest BCUT2D eigenvalue weighted by Gasteiger charge is 2.32. The lowest BCUT2D eigenvalue weighted by Gasteiger charge is -2.26. The average Bonchev–Trinajstić information content (AvgIpc) is 2.89. The van der Waals surface area contributed by atoms with E-state index in [0.29, 0.717) is 4.75 Å². The van der Waals surface area contributed by atoms with Gasteiger partial charge in [-0.15, -0.1) is 0 Å². The molecule has 1 aromatic heterocycles. The quantitative estimate of drug-likeness (QED) is 0.820. The molecule has 4 heteroatoms. The first-order valence-corrected chi connectivity index (χ1v) is 8.05. The molecule has 0 atom stereocenters. The monoisotopic (exact) mass is 351 g/mol. The molecule has 1 heterocycles. The lowest BCUT2D eigenvalue weighted by atomic mass is 10.1. The molecule has 1 saturated carbocycles. The molecule has 0 amide bonds. The minimum Gasteiger partial charge on any atom is -0.454 e. The van der Waals surface area contributed by atoms with E-state index in [2.05, 4.69) is 40.2 Å². The van der Waals surface area contributed by atoms with E-state index in [0.717, 1.165) is 22.6 Å². The Labute approximate surface area is 115 Å². The normalized spacial score (nSPS) is 19.1. The molecule has 0 bridgehead atoms. The number of thioether (sulfide) groups is 1. The predicted molar refractivity (Wildman–Crippen MR) is 77.8 cm³/mol. The van der Waals surface area contributed by atoms with Gasteiger partial charge < -0.3 is 9.73 Å². The zero-order valence-corrected chi connectivity index (χ0v) is 12.6. The van der Waals surface area contributed by atoms with Crippen LogP contribution in [0, 0.1) is 3.77 Å². The molecule has 0 radical (unpaired) electrons. The van der Waals surface area contributed by atoms with E-state index in [4.69, 9.17) is 4.42 Å². The van der Waals surface area contributed by atoms with E-state index >= 15 is 0 Å². The predicted octanol–water partition coefficient (Wildman–Crippen LogP) is 3.65. The van der Waals surface area contributed by atoms with E-state index in [-0.39, 0.29) is 0 Å². The van der Waals surface area contributed by atoms with Crippen LogP contribution in [-0.4, -0.2) is 17.5 Å². The maximum atomic E-state index is 5.53. The molecule has 1 aliphatic rings. The number of hydrogen-bond donors (Lipinski definition) is 1. The first-order chi connectivity index (χ1) is 7.74. The third-order valence-corrected chi connectivity index (χ3v) is 5.32. The van der Waals surface area contributed by atoms with Crippen LogP contribution in [0.1, 0.15) is 31.4 Å². The minimum absolute atomic E-state index is 0.486. The van der Waals surface area contributed by atoms with Crippen LogP contribution < -0.4 is 5.32 Å². The van der Waals surface area contributed by atoms with E-state index < -0.39 is 0 Å². The van der Waals surface area contributed by atoms with Crippen molar-refractivity contribution in [2.45, 2.75) is 37.0 Å². The van der Waals surface area contributed by atoms with Gasteiger partial charge in [0.1, 0.15) is 5.76 Å². The van der Waals surface area contributed by atoms with Gasteiger partial charge in [0.25, 0.3) is 0 Å². The number of rotatable bonds is 5. The fourth-order valence-electron chi connectivity index (χ4n) is 2.33. The van der Waals surface area contributed by atoms with Gasteiger partial charge in [-0.25, -0.2) is 0 Å². The van der Waals surface area contributed by atoms with Crippen molar-refractivity contribution < 1.29 is 4.42 Å². The Morgan fingerprint density at radius 3 is 2.75 bits per heavy atom. The Morgan fingerprint density at radius 1 is 1.44 bits per heavy atom. The molecule has 0 unspecified atom stereocenters. The van der Waals surface area contributed by atoms with Crippen molar-refractivity contribution in [1.29, 1.82) is 0 Å². The highest BCUT2D eigenvalue weighted by molar-refractivity contribution is 14.1. The molecule has 1 fully saturated rings. The minimum atomic E-state index is 0.486. The van der Waals surface area contributed by atoms with Crippen LogP contribution in [-0.2, 0) is 6.54 Å². The van der Waals surface area contributed by atoms with E-state index in [1.54, 1.807) is 0 Å². The van der Waals surface area contributed by atoms with Crippen LogP contribution in [0.3, 0.4) is 0 Å². The van der Waals surface area contributed by atoms with E-state index in [1.165, 1.54) is 25.7 Å². The van der Waals surface area contributed by atoms with Crippen molar-refractivity contribution >= 4 is 34.4 Å². The Morgan fingerprint density at radius 2 is 2.19 bits per heavy atom. The van der Waals surface area contributed by atoms with Crippen molar-refractivity contribution in [1.82, 2.24) is 5.32 Å². The number of nitrogens with one attached hydrogen (secondary N) is 1. The molecule has 2 nitrogen and oxygen atoms in total. The Bertz CT molecular complexity index is 334. The topological polar surface area (TPSA) is 25.2 Å². The van der Waals surface area contributed by atoms with Gasteiger partial charge in [0.15, 0.2) is 3.77 Å². The zero-order valence-electron chi connectivity index (χ0n) is 9.59. The maximum Gasteiger partial charge on any atom is 0.164 e. The van der Waals surface area contributed by atoms with Crippen LogP contribution in [0.5, 0.6) is 0 Å². The number of halogens is 1. The third-order valence-electron chi connectivity index (χ3n) is 3.32. The first-order valence-electron chi connectivity index (χ1n) is 5.74. The molecule has 0 aromatic carbocycles. The molecule has 0 spiro atoms. The summed E-state index contributed by atoms with van der Waals surface area (Å²) in [6.45, 7) is 1.96. The summed E-state index contributed by atoms with van der Waals surface area (Å²) in [4.78, 5) is 0. The van der Waals surface area contributed by atoms with Crippen molar-refractivity contribution in [2.24, 2.45) is 0 Å². The SMILES string of the molecule is CSC1(CNCc2ccc(I)o2)CCCC1. The highest BCUT2D eigenvalue weighted by atomic mass is 127. The fraction of sp³-hybridized carbons (Fsp3) is 0.667. The van der Waals surface area contributed by atoms with E-state index in [1.807, 2.05) is 17.8 Å². The summed E-state index contributed by atoms with van der Waals surface area (Å²) in [5.41, 5.74) is 0. The van der Waals surface area contributed by atoms with Gasteiger partial charge in [-0.1, -0.05) is 12.8 Å². The second kappa shape index (κ2) is 5.78. The van der Waals surface area contributed by atoms with Gasteiger partial charge in [0.05, 0.1) is 6.54 Å². The van der Waals surface area contributed by atoms with Gasteiger partial charge >= 0.3 is 0 Å². The van der Waals surface area contributed by atoms with Crippen LogP contribution in [0.2, 0.25) is 0 Å². The smallest absolute Gasteiger partial charge is 0.164 e. The van der Waals surface area contributed by atoms with Crippen molar-refractivity contribution in [3.63, 3.8) is 0 Å². The van der Waals surface area contributed by atoms with Crippen molar-refractivity contribution in [2.75, 3.05) is 12.8 Å². The Kier molecular flexibility index (Phi) is 4.61. The summed E-state index contributed by atoms with van der Waals surface area (Å²) in [5, 5.41) is 3.53. The van der Waals surface area contributed by atoms with Crippen LogP contribution >= 0.6 is 34.4 Å². The van der Waals surface area contributed by atoms with Gasteiger partial charge in [0.2, 0.25) is 0 Å². The number of furan rings is 1. The second-order valence-electron chi connectivity index (χ2n) is 4.40. The van der Waals surface area contributed by atoms with Gasteiger partial charge in [-0.05, 0) is 53.8 Å². The molecule has 1 aliphatic carbocycles. The molecule has 0 saturated heterocycles. The largest absolute Gasteiger partial charge is 0.454 e. The summed E-state index contributed by atoms with van der Waals surface area (Å²) in [5.74, 6) is 1.04. The molecule has 2 rings (SSSR count). The molecule has 16 heavy (non-hydrogen) atoms. The van der Waals surface area contributed by atoms with Gasteiger partial charge in [-0.3, -0.25) is 0 Å². The van der Waals surface area contributed by atoms with Crippen molar-refractivity contribution in [3.05, 3.63) is 21.7 Å². The number of hydrogen-bond acceptors (Lipinski definition) is 3. The molecular formula is C12H18INOS. The third kappa shape index (κ3) is 3.17. The molecule has 1 aromatic rings. The second-order valence-corrected chi connectivity index (χ2v) is 6.74. The maximum absolute atomic E-state index is 5.53. The standard InChI is InChI=1S/C12H18INOS/c1-16-12(6-2-3-7-12)9-14-8-10-4-5-11(13)15-10/h4-5,14H,2-3,6-9H2,1H3. The lowest BCUT2D eigenvalue weighted by Crippen LogP contribution is -2.34. The summed E-state index contributed by atoms with van der Waals surface area (Å²) in [7, 11) is 0. The zero-order chi connectivity index (χ0) is 11.4. The fourth-order valence-corrected chi connectivity index (χ4v) is 3.74. The van der Waals surface area contributed by atoms with Crippen LogP contribution in [0.25, 0.3) is 0 Å². The highest BCUT2D eigenvalue weighted by Crippen LogP contribution is 2.39. The first kappa shape index (κ1) is 12.8. The van der Waals surface area contributed by atoms with Crippen molar-refractivity contribution in [3.8, 4) is 0 Å². The van der Waals surface area contributed by atoms with Gasteiger partial charge in [0, 0.05) is 11.3 Å². The van der Waals surface area contributed by atoms with E-state index in [9.17, 15) is 0 Å². The van der Waals surface area contributed by atoms with Crippen LogP contribution in [0.15, 0.2) is 16.5 Å². The molecule has 90 valence electrons.